The number of benzene rings is 2. The van der Waals surface area contributed by atoms with E-state index < -0.39 is 0 Å². The van der Waals surface area contributed by atoms with Gasteiger partial charge in [-0.25, -0.2) is 4.98 Å². The van der Waals surface area contributed by atoms with E-state index in [-0.39, 0.29) is 28.4 Å². The molecule has 5 nitrogen and oxygen atoms in total. The Morgan fingerprint density at radius 2 is 1.83 bits per heavy atom. The molecule has 4 rings (SSSR count). The molecule has 2 heterocycles. The minimum absolute atomic E-state index is 0.0111. The molecule has 1 aliphatic heterocycles. The predicted molar refractivity (Wildman–Crippen MR) is 115 cm³/mol. The van der Waals surface area contributed by atoms with Gasteiger partial charge in [0.15, 0.2) is 16.7 Å². The Morgan fingerprint density at radius 1 is 1.10 bits per heavy atom. The Bertz CT molecular complexity index is 1090. The summed E-state index contributed by atoms with van der Waals surface area (Å²) in [5.74, 6) is 1.32. The second-order valence-corrected chi connectivity index (χ2v) is 8.59. The first-order chi connectivity index (χ1) is 14.5. The normalized spacial score (nSPS) is 16.2. The van der Waals surface area contributed by atoms with Gasteiger partial charge in [-0.3, -0.25) is 14.4 Å². The minimum Gasteiger partial charge on any atom is -0.441 e. The van der Waals surface area contributed by atoms with Gasteiger partial charge in [0.25, 0.3) is 0 Å². The molecule has 30 heavy (non-hydrogen) atoms. The van der Waals surface area contributed by atoms with Crippen LogP contribution in [0, 0.1) is 6.92 Å². The molecule has 1 fully saturated rings. The fraction of sp³-hybridized carbons (Fsp3) is 0.250. The Hall–Kier alpha value is -2.99. The Kier molecular flexibility index (Phi) is 5.95. The number of rotatable bonds is 7. The first-order valence-corrected chi connectivity index (χ1v) is 10.7. The predicted octanol–water partition coefficient (Wildman–Crippen LogP) is 4.61. The van der Waals surface area contributed by atoms with Crippen LogP contribution in [0.4, 0.5) is 0 Å². The molecule has 0 radical (unpaired) electrons. The van der Waals surface area contributed by atoms with Gasteiger partial charge in [-0.05, 0) is 31.0 Å². The van der Waals surface area contributed by atoms with Crippen molar-refractivity contribution in [1.82, 2.24) is 4.98 Å². The summed E-state index contributed by atoms with van der Waals surface area (Å²) < 4.78 is 5.76. The molecule has 1 atom stereocenters. The monoisotopic (exact) mass is 419 g/mol. The molecule has 3 aromatic rings. The zero-order valence-electron chi connectivity index (χ0n) is 16.6. The quantitative estimate of drug-likeness (QED) is 0.411. The third kappa shape index (κ3) is 4.60. The molecular formula is C24H21NO4S. The van der Waals surface area contributed by atoms with Crippen LogP contribution >= 0.6 is 11.8 Å². The van der Waals surface area contributed by atoms with Gasteiger partial charge in [0.05, 0.1) is 17.4 Å². The van der Waals surface area contributed by atoms with Crippen LogP contribution in [0.1, 0.15) is 40.2 Å². The number of thioether (sulfide) groups is 1. The number of carbonyl (C=O) groups excluding carboxylic acids is 3. The van der Waals surface area contributed by atoms with Gasteiger partial charge in [0, 0.05) is 24.0 Å². The first kappa shape index (κ1) is 20.3. The summed E-state index contributed by atoms with van der Waals surface area (Å²) in [6.45, 7) is 1.86. The van der Waals surface area contributed by atoms with Crippen LogP contribution in [0.15, 0.2) is 59.0 Å². The summed E-state index contributed by atoms with van der Waals surface area (Å²) >= 11 is 1.12. The summed E-state index contributed by atoms with van der Waals surface area (Å²) in [6, 6.07) is 17.0. The van der Waals surface area contributed by atoms with Crippen LogP contribution in [-0.4, -0.2) is 26.9 Å². The maximum atomic E-state index is 12.6. The molecule has 0 amide bonds. The number of oxazole rings is 1. The minimum atomic E-state index is -0.298. The molecule has 0 aliphatic carbocycles. The van der Waals surface area contributed by atoms with Gasteiger partial charge < -0.3 is 4.42 Å². The highest BCUT2D eigenvalue weighted by atomic mass is 32.2. The van der Waals surface area contributed by atoms with E-state index in [4.69, 9.17) is 4.42 Å². The molecule has 2 aromatic carbocycles. The van der Waals surface area contributed by atoms with Crippen molar-refractivity contribution in [2.24, 2.45) is 0 Å². The number of hydrogen-bond donors (Lipinski definition) is 0. The lowest BCUT2D eigenvalue weighted by molar-refractivity contribution is -0.121. The van der Waals surface area contributed by atoms with Crippen LogP contribution < -0.4 is 0 Å². The Morgan fingerprint density at radius 3 is 2.50 bits per heavy atom. The Labute approximate surface area is 178 Å². The molecule has 0 spiro atoms. The lowest BCUT2D eigenvalue weighted by Crippen LogP contribution is -2.13. The lowest BCUT2D eigenvalue weighted by atomic mass is 10.0. The number of hydrogen-bond acceptors (Lipinski definition) is 6. The van der Waals surface area contributed by atoms with E-state index in [2.05, 4.69) is 4.98 Å². The largest absolute Gasteiger partial charge is 0.441 e. The molecule has 1 aliphatic rings. The van der Waals surface area contributed by atoms with E-state index in [0.29, 0.717) is 30.7 Å². The fourth-order valence-electron chi connectivity index (χ4n) is 3.46. The van der Waals surface area contributed by atoms with E-state index in [1.807, 2.05) is 49.4 Å². The topological polar surface area (TPSA) is 77.2 Å². The van der Waals surface area contributed by atoms with E-state index in [1.54, 1.807) is 12.1 Å². The Balaban J connectivity index is 1.36. The molecular weight excluding hydrogens is 398 g/mol. The summed E-state index contributed by atoms with van der Waals surface area (Å²) in [7, 11) is 0. The number of ketones is 2. The number of aromatic nitrogens is 1. The van der Waals surface area contributed by atoms with Crippen molar-refractivity contribution in [2.75, 3.05) is 0 Å². The van der Waals surface area contributed by atoms with Crippen molar-refractivity contribution in [3.05, 3.63) is 77.2 Å². The van der Waals surface area contributed by atoms with Crippen LogP contribution in [0.2, 0.25) is 0 Å². The highest BCUT2D eigenvalue weighted by Crippen LogP contribution is 2.28. The number of nitrogens with zero attached hydrogens (tertiary/aromatic N) is 1. The molecule has 1 unspecified atom stereocenters. The molecule has 152 valence electrons. The van der Waals surface area contributed by atoms with Crippen molar-refractivity contribution in [1.29, 1.82) is 0 Å². The summed E-state index contributed by atoms with van der Waals surface area (Å²) in [5.41, 5.74) is 3.28. The van der Waals surface area contributed by atoms with E-state index in [1.165, 1.54) is 0 Å². The molecule has 1 aromatic heterocycles. The van der Waals surface area contributed by atoms with Crippen LogP contribution in [0.5, 0.6) is 0 Å². The fourth-order valence-corrected chi connectivity index (χ4v) is 4.49. The van der Waals surface area contributed by atoms with Gasteiger partial charge in [0.1, 0.15) is 5.76 Å². The second-order valence-electron chi connectivity index (χ2n) is 7.33. The SMILES string of the molecule is Cc1oc(-c2ccccc2)nc1CCC(=O)c1ccc(CC2SC(=O)CC2=O)cc1. The van der Waals surface area contributed by atoms with E-state index >= 15 is 0 Å². The third-order valence-corrected chi connectivity index (χ3v) is 6.27. The van der Waals surface area contributed by atoms with Crippen molar-refractivity contribution in [3.63, 3.8) is 0 Å². The number of carbonyl (C=O) groups is 3. The average Bonchev–Trinajstić information content (AvgIpc) is 3.28. The van der Waals surface area contributed by atoms with Gasteiger partial charge in [-0.15, -0.1) is 0 Å². The molecule has 0 saturated carbocycles. The van der Waals surface area contributed by atoms with Gasteiger partial charge in [0.2, 0.25) is 5.89 Å². The van der Waals surface area contributed by atoms with Crippen molar-refractivity contribution in [3.8, 4) is 11.5 Å². The lowest BCUT2D eigenvalue weighted by Gasteiger charge is -2.07. The molecule has 0 N–H and O–H groups in total. The van der Waals surface area contributed by atoms with Crippen molar-refractivity contribution >= 4 is 28.4 Å². The summed E-state index contributed by atoms with van der Waals surface area (Å²) in [5, 5.41) is -0.358. The third-order valence-electron chi connectivity index (χ3n) is 5.15. The van der Waals surface area contributed by atoms with E-state index in [9.17, 15) is 14.4 Å². The van der Waals surface area contributed by atoms with Crippen LogP contribution in [0.25, 0.3) is 11.5 Å². The molecule has 6 heteroatoms. The van der Waals surface area contributed by atoms with Gasteiger partial charge in [-0.2, -0.15) is 0 Å². The van der Waals surface area contributed by atoms with Crippen LogP contribution in [-0.2, 0) is 22.4 Å². The van der Waals surface area contributed by atoms with Crippen molar-refractivity contribution in [2.45, 2.75) is 37.9 Å². The highest BCUT2D eigenvalue weighted by molar-refractivity contribution is 8.15. The zero-order valence-corrected chi connectivity index (χ0v) is 17.4. The van der Waals surface area contributed by atoms with Gasteiger partial charge in [-0.1, -0.05) is 54.2 Å². The standard InChI is InChI=1S/C24H21NO4S/c1-15-19(25-24(29-15)18-5-3-2-4-6-18)11-12-20(26)17-9-7-16(8-10-17)13-22-21(27)14-23(28)30-22/h2-10,22H,11-14H2,1H3. The van der Waals surface area contributed by atoms with Crippen LogP contribution in [0.3, 0.4) is 0 Å². The maximum absolute atomic E-state index is 12.6. The number of Topliss-reactive ketones (excluding diaryl/α,β-unsaturated/α-hetero) is 2. The number of aryl methyl sites for hydroxylation is 2. The summed E-state index contributed by atoms with van der Waals surface area (Å²) in [4.78, 5) is 40.3. The second kappa shape index (κ2) is 8.79. The first-order valence-electron chi connectivity index (χ1n) is 9.85. The molecule has 0 bridgehead atoms. The smallest absolute Gasteiger partial charge is 0.226 e. The highest BCUT2D eigenvalue weighted by Gasteiger charge is 2.31. The van der Waals surface area contributed by atoms with E-state index in [0.717, 1.165) is 34.3 Å². The van der Waals surface area contributed by atoms with Crippen molar-refractivity contribution < 1.29 is 18.8 Å². The average molecular weight is 420 g/mol. The molecule has 1 saturated heterocycles. The summed E-state index contributed by atoms with van der Waals surface area (Å²) in [6.07, 6.45) is 1.40. The maximum Gasteiger partial charge on any atom is 0.226 e. The van der Waals surface area contributed by atoms with Gasteiger partial charge >= 0.3 is 0 Å². The zero-order chi connectivity index (χ0) is 21.1.